The van der Waals surface area contributed by atoms with Crippen LogP contribution in [0.4, 0.5) is 17.6 Å². The van der Waals surface area contributed by atoms with E-state index in [0.29, 0.717) is 11.1 Å². The first-order chi connectivity index (χ1) is 12.2. The predicted molar refractivity (Wildman–Crippen MR) is 88.7 cm³/mol. The van der Waals surface area contributed by atoms with Gasteiger partial charge in [-0.25, -0.2) is 13.9 Å². The molecule has 1 saturated carbocycles. The summed E-state index contributed by atoms with van der Waals surface area (Å²) < 4.78 is 53.8. The second kappa shape index (κ2) is 7.42. The van der Waals surface area contributed by atoms with Crippen LogP contribution in [-0.4, -0.2) is 20.5 Å². The number of alkyl halides is 3. The van der Waals surface area contributed by atoms with Crippen molar-refractivity contribution in [1.29, 1.82) is 0 Å². The quantitative estimate of drug-likeness (QED) is 0.717. The van der Waals surface area contributed by atoms with E-state index in [1.807, 2.05) is 0 Å². The molecule has 1 aliphatic carbocycles. The van der Waals surface area contributed by atoms with Crippen LogP contribution in [0.3, 0.4) is 0 Å². The molecule has 2 aromatic rings. The third-order valence-electron chi connectivity index (χ3n) is 4.65. The van der Waals surface area contributed by atoms with Gasteiger partial charge in [-0.1, -0.05) is 43.4 Å². The number of rotatable bonds is 5. The van der Waals surface area contributed by atoms with Gasteiger partial charge in [-0.2, -0.15) is 18.3 Å². The summed E-state index contributed by atoms with van der Waals surface area (Å²) in [6.45, 7) is -1.72. The second-order valence-electron chi connectivity index (χ2n) is 6.61. The summed E-state index contributed by atoms with van der Waals surface area (Å²) >= 11 is 6.01. The molecule has 0 amide bonds. The first-order valence-corrected chi connectivity index (χ1v) is 8.78. The van der Waals surface area contributed by atoms with Crippen molar-refractivity contribution in [1.82, 2.24) is 14.3 Å². The Morgan fingerprint density at radius 3 is 2.54 bits per heavy atom. The van der Waals surface area contributed by atoms with Crippen LogP contribution in [0.5, 0.6) is 0 Å². The molecule has 0 spiro atoms. The fourth-order valence-corrected chi connectivity index (χ4v) is 3.61. The summed E-state index contributed by atoms with van der Waals surface area (Å²) in [4.78, 5) is 12.5. The maximum atomic E-state index is 14.1. The topological polar surface area (TPSA) is 39.8 Å². The summed E-state index contributed by atoms with van der Waals surface area (Å²) in [7, 11) is 0. The molecule has 1 aliphatic rings. The largest absolute Gasteiger partial charge is 0.408 e. The van der Waals surface area contributed by atoms with Crippen LogP contribution >= 0.6 is 11.6 Å². The molecule has 3 rings (SSSR count). The summed E-state index contributed by atoms with van der Waals surface area (Å²) in [5.74, 6) is -0.101. The van der Waals surface area contributed by atoms with E-state index in [9.17, 15) is 22.4 Å². The molecule has 0 saturated heterocycles. The van der Waals surface area contributed by atoms with Gasteiger partial charge in [-0.05, 0) is 18.1 Å². The Bertz CT molecular complexity index is 817. The lowest BCUT2D eigenvalue weighted by molar-refractivity contribution is -0.143. The minimum absolute atomic E-state index is 0.0653. The van der Waals surface area contributed by atoms with Crippen LogP contribution in [0.2, 0.25) is 5.02 Å². The van der Waals surface area contributed by atoms with E-state index < -0.39 is 24.2 Å². The van der Waals surface area contributed by atoms with Crippen LogP contribution in [0.1, 0.15) is 37.1 Å². The van der Waals surface area contributed by atoms with Gasteiger partial charge in [0.25, 0.3) is 0 Å². The maximum Gasteiger partial charge on any atom is 0.408 e. The zero-order valence-electron chi connectivity index (χ0n) is 13.9. The van der Waals surface area contributed by atoms with Gasteiger partial charge >= 0.3 is 11.9 Å². The molecule has 4 nitrogen and oxygen atoms in total. The molecule has 1 fully saturated rings. The summed E-state index contributed by atoms with van der Waals surface area (Å²) in [6, 6.07) is 4.10. The van der Waals surface area contributed by atoms with E-state index in [1.54, 1.807) is 0 Å². The number of benzene rings is 1. The van der Waals surface area contributed by atoms with E-state index in [-0.39, 0.29) is 28.9 Å². The van der Waals surface area contributed by atoms with Crippen LogP contribution < -0.4 is 5.69 Å². The van der Waals surface area contributed by atoms with Gasteiger partial charge in [0.15, 0.2) is 0 Å². The lowest BCUT2D eigenvalue weighted by Gasteiger charge is -2.11. The van der Waals surface area contributed by atoms with Crippen molar-refractivity contribution in [2.24, 2.45) is 5.92 Å². The summed E-state index contributed by atoms with van der Waals surface area (Å²) in [5, 5.41) is 4.01. The number of nitrogens with zero attached hydrogens (tertiary/aromatic N) is 3. The number of aromatic nitrogens is 3. The Morgan fingerprint density at radius 2 is 1.92 bits per heavy atom. The summed E-state index contributed by atoms with van der Waals surface area (Å²) in [6.07, 6.45) is -0.175. The number of hydrogen-bond donors (Lipinski definition) is 0. The average Bonchev–Trinajstić information content (AvgIpc) is 3.13. The molecule has 142 valence electrons. The van der Waals surface area contributed by atoms with E-state index in [0.717, 1.165) is 30.3 Å². The average molecular weight is 392 g/mol. The molecule has 0 unspecified atom stereocenters. The van der Waals surface area contributed by atoms with Crippen LogP contribution in [0.15, 0.2) is 23.0 Å². The highest BCUT2D eigenvalue weighted by Gasteiger charge is 2.31. The molecule has 0 radical (unpaired) electrons. The van der Waals surface area contributed by atoms with Gasteiger partial charge < -0.3 is 0 Å². The molecule has 1 heterocycles. The normalized spacial score (nSPS) is 15.7. The fraction of sp³-hybridized carbons (Fsp3) is 0.529. The van der Waals surface area contributed by atoms with Crippen molar-refractivity contribution >= 4 is 11.6 Å². The highest BCUT2D eigenvalue weighted by atomic mass is 35.5. The Labute approximate surface area is 152 Å². The third-order valence-corrected chi connectivity index (χ3v) is 5.01. The Kier molecular flexibility index (Phi) is 5.41. The molecular weight excluding hydrogens is 374 g/mol. The highest BCUT2D eigenvalue weighted by Crippen LogP contribution is 2.28. The van der Waals surface area contributed by atoms with Gasteiger partial charge in [-0.15, -0.1) is 0 Å². The maximum absolute atomic E-state index is 14.1. The van der Waals surface area contributed by atoms with Gasteiger partial charge in [0.05, 0.1) is 6.54 Å². The van der Waals surface area contributed by atoms with Crippen LogP contribution in [0, 0.1) is 11.7 Å². The minimum atomic E-state index is -4.57. The minimum Gasteiger partial charge on any atom is -0.274 e. The van der Waals surface area contributed by atoms with Crippen LogP contribution in [0.25, 0.3) is 0 Å². The van der Waals surface area contributed by atoms with Crippen molar-refractivity contribution < 1.29 is 17.6 Å². The van der Waals surface area contributed by atoms with E-state index in [2.05, 4.69) is 5.10 Å². The predicted octanol–water partition coefficient (Wildman–Crippen LogP) is 4.18. The van der Waals surface area contributed by atoms with Gasteiger partial charge in [0, 0.05) is 17.0 Å². The summed E-state index contributed by atoms with van der Waals surface area (Å²) in [5.41, 5.74) is -0.842. The Hall–Kier alpha value is -1.83. The van der Waals surface area contributed by atoms with Gasteiger partial charge in [0.2, 0.25) is 0 Å². The molecule has 0 aliphatic heterocycles. The molecule has 1 aromatic carbocycles. The zero-order valence-corrected chi connectivity index (χ0v) is 14.7. The SMILES string of the molecule is O=c1n(CC(F)(F)F)nc(CC2CCCC2)n1Cc1c(F)cccc1Cl. The van der Waals surface area contributed by atoms with Crippen molar-refractivity contribution in [2.75, 3.05) is 0 Å². The van der Waals surface area contributed by atoms with Crippen molar-refractivity contribution in [3.8, 4) is 0 Å². The van der Waals surface area contributed by atoms with E-state index >= 15 is 0 Å². The number of hydrogen-bond acceptors (Lipinski definition) is 2. The lowest BCUT2D eigenvalue weighted by atomic mass is 10.0. The van der Waals surface area contributed by atoms with E-state index in [4.69, 9.17) is 11.6 Å². The molecular formula is C17H18ClF4N3O. The smallest absolute Gasteiger partial charge is 0.274 e. The van der Waals surface area contributed by atoms with Crippen molar-refractivity contribution in [3.05, 3.63) is 50.9 Å². The molecule has 0 bridgehead atoms. The molecule has 9 heteroatoms. The van der Waals surface area contributed by atoms with Crippen molar-refractivity contribution in [2.45, 2.75) is 51.4 Å². The van der Waals surface area contributed by atoms with Gasteiger partial charge in [-0.3, -0.25) is 4.57 Å². The molecule has 0 atom stereocenters. The van der Waals surface area contributed by atoms with Crippen LogP contribution in [-0.2, 0) is 19.5 Å². The fourth-order valence-electron chi connectivity index (χ4n) is 3.38. The second-order valence-corrected chi connectivity index (χ2v) is 7.02. The van der Waals surface area contributed by atoms with Gasteiger partial charge in [0.1, 0.15) is 18.2 Å². The first-order valence-electron chi connectivity index (χ1n) is 8.41. The molecule has 1 aromatic heterocycles. The zero-order chi connectivity index (χ0) is 18.9. The monoisotopic (exact) mass is 391 g/mol. The highest BCUT2D eigenvalue weighted by molar-refractivity contribution is 6.31. The lowest BCUT2D eigenvalue weighted by Crippen LogP contribution is -2.31. The standard InChI is InChI=1S/C17H18ClF4N3O/c18-13-6-3-7-14(19)12(13)9-24-15(8-11-4-1-2-5-11)23-25(16(24)26)10-17(20,21)22/h3,6-7,11H,1-2,4-5,8-10H2. The molecule has 26 heavy (non-hydrogen) atoms. The first kappa shape index (κ1) is 18.9. The Balaban J connectivity index is 1.98. The molecule has 0 N–H and O–H groups in total. The third kappa shape index (κ3) is 4.28. The Morgan fingerprint density at radius 1 is 1.23 bits per heavy atom. The number of halogens is 5. The van der Waals surface area contributed by atoms with E-state index in [1.165, 1.54) is 18.2 Å². The van der Waals surface area contributed by atoms with Crippen molar-refractivity contribution in [3.63, 3.8) is 0 Å².